The Bertz CT molecular complexity index is 854. The molecule has 144 valence electrons. The molecule has 2 rings (SSSR count). The highest BCUT2D eigenvalue weighted by Gasteiger charge is 2.14. The molecule has 0 atom stereocenters. The molecule has 1 amide bonds. The summed E-state index contributed by atoms with van der Waals surface area (Å²) in [6.07, 6.45) is 0. The summed E-state index contributed by atoms with van der Waals surface area (Å²) in [5.74, 6) is -0.610. The number of amides is 1. The Morgan fingerprint density at radius 1 is 1.22 bits per heavy atom. The van der Waals surface area contributed by atoms with E-state index in [1.807, 2.05) is 26.0 Å². The molecule has 7 nitrogen and oxygen atoms in total. The van der Waals surface area contributed by atoms with Gasteiger partial charge in [-0.3, -0.25) is 4.79 Å². The van der Waals surface area contributed by atoms with E-state index in [-0.39, 0.29) is 12.2 Å². The van der Waals surface area contributed by atoms with Crippen molar-refractivity contribution in [2.45, 2.75) is 20.4 Å². The van der Waals surface area contributed by atoms with Gasteiger partial charge in [0, 0.05) is 12.2 Å². The van der Waals surface area contributed by atoms with Crippen molar-refractivity contribution in [3.8, 4) is 11.5 Å². The van der Waals surface area contributed by atoms with Crippen LogP contribution in [-0.4, -0.2) is 30.2 Å². The van der Waals surface area contributed by atoms with E-state index in [4.69, 9.17) is 20.3 Å². The third-order valence-electron chi connectivity index (χ3n) is 3.68. The number of aromatic carboxylic acids is 1. The second-order valence-electron chi connectivity index (χ2n) is 5.78. The smallest absolute Gasteiger partial charge is 0.335 e. The van der Waals surface area contributed by atoms with E-state index in [9.17, 15) is 9.59 Å². The van der Waals surface area contributed by atoms with E-state index in [0.717, 1.165) is 16.8 Å². The van der Waals surface area contributed by atoms with Gasteiger partial charge in [-0.25, -0.2) is 4.79 Å². The largest absolute Gasteiger partial charge is 0.490 e. The second-order valence-corrected chi connectivity index (χ2v) is 6.64. The minimum atomic E-state index is -0.957. The Morgan fingerprint density at radius 3 is 2.56 bits per heavy atom. The topological polar surface area (TPSA) is 111 Å². The molecule has 0 aromatic heterocycles. The van der Waals surface area contributed by atoms with Crippen LogP contribution < -0.4 is 20.5 Å². The molecule has 2 aromatic rings. The summed E-state index contributed by atoms with van der Waals surface area (Å²) in [7, 11) is 0. The van der Waals surface area contributed by atoms with Crippen LogP contribution in [0.3, 0.4) is 0 Å². The van der Waals surface area contributed by atoms with Gasteiger partial charge in [0.25, 0.3) is 5.91 Å². The SMILES string of the molecule is CCOc1cc(CNc2ccc(C(=O)O)cc2C)cc(Br)c1OCC(N)=O. The number of carbonyl (C=O) groups excluding carboxylic acids is 1. The lowest BCUT2D eigenvalue weighted by Gasteiger charge is -2.16. The number of carboxylic acids is 1. The first kappa shape index (κ1) is 20.6. The van der Waals surface area contributed by atoms with Gasteiger partial charge in [-0.2, -0.15) is 0 Å². The summed E-state index contributed by atoms with van der Waals surface area (Å²) in [6.45, 7) is 4.38. The van der Waals surface area contributed by atoms with Crippen LogP contribution in [0, 0.1) is 6.92 Å². The molecule has 0 radical (unpaired) electrons. The quantitative estimate of drug-likeness (QED) is 0.555. The number of anilines is 1. The number of primary amides is 1. The number of rotatable bonds is 9. The van der Waals surface area contributed by atoms with Gasteiger partial charge in [0.1, 0.15) is 0 Å². The summed E-state index contributed by atoms with van der Waals surface area (Å²) in [6, 6.07) is 8.58. The van der Waals surface area contributed by atoms with Gasteiger partial charge >= 0.3 is 5.97 Å². The van der Waals surface area contributed by atoms with E-state index in [1.165, 1.54) is 0 Å². The average Bonchev–Trinajstić information content (AvgIpc) is 2.59. The molecule has 27 heavy (non-hydrogen) atoms. The fraction of sp³-hybridized carbons (Fsp3) is 0.263. The van der Waals surface area contributed by atoms with Gasteiger partial charge < -0.3 is 25.6 Å². The predicted octanol–water partition coefficient (Wildman–Crippen LogP) is 3.33. The summed E-state index contributed by atoms with van der Waals surface area (Å²) >= 11 is 3.43. The van der Waals surface area contributed by atoms with Crippen LogP contribution in [0.5, 0.6) is 11.5 Å². The third-order valence-corrected chi connectivity index (χ3v) is 4.27. The minimum Gasteiger partial charge on any atom is -0.490 e. The molecule has 0 aliphatic carbocycles. The molecule has 0 aliphatic heterocycles. The van der Waals surface area contributed by atoms with Gasteiger partial charge in [0.05, 0.1) is 16.6 Å². The standard InChI is InChI=1S/C19H21BrN2O5/c1-3-26-16-8-12(7-14(20)18(16)27-10-17(21)23)9-22-15-5-4-13(19(24)25)6-11(15)2/h4-8,22H,3,9-10H2,1-2H3,(H2,21,23)(H,24,25). The van der Waals surface area contributed by atoms with Crippen molar-refractivity contribution in [3.05, 3.63) is 51.5 Å². The molecule has 4 N–H and O–H groups in total. The fourth-order valence-corrected chi connectivity index (χ4v) is 3.07. The molecule has 0 spiro atoms. The highest BCUT2D eigenvalue weighted by molar-refractivity contribution is 9.10. The van der Waals surface area contributed by atoms with Crippen LogP contribution in [0.25, 0.3) is 0 Å². The maximum atomic E-state index is 11.0. The maximum absolute atomic E-state index is 11.0. The Hall–Kier alpha value is -2.74. The number of hydrogen-bond acceptors (Lipinski definition) is 5. The zero-order chi connectivity index (χ0) is 20.0. The molecular weight excluding hydrogens is 416 g/mol. The van der Waals surface area contributed by atoms with Crippen molar-refractivity contribution in [1.29, 1.82) is 0 Å². The number of nitrogens with two attached hydrogens (primary N) is 1. The molecule has 0 aliphatic rings. The molecule has 0 saturated carbocycles. The molecule has 8 heteroatoms. The zero-order valence-electron chi connectivity index (χ0n) is 15.0. The highest BCUT2D eigenvalue weighted by atomic mass is 79.9. The van der Waals surface area contributed by atoms with E-state index in [0.29, 0.717) is 29.1 Å². The van der Waals surface area contributed by atoms with Gasteiger partial charge in [0.15, 0.2) is 18.1 Å². The number of halogens is 1. The lowest BCUT2D eigenvalue weighted by molar-refractivity contribution is -0.119. The molecule has 0 heterocycles. The third kappa shape index (κ3) is 5.62. The number of ether oxygens (including phenoxy) is 2. The summed E-state index contributed by atoms with van der Waals surface area (Å²) in [5, 5.41) is 12.3. The average molecular weight is 437 g/mol. The Morgan fingerprint density at radius 2 is 1.96 bits per heavy atom. The molecule has 2 aromatic carbocycles. The summed E-state index contributed by atoms with van der Waals surface area (Å²) in [5.41, 5.74) is 7.96. The van der Waals surface area contributed by atoms with Crippen molar-refractivity contribution >= 4 is 33.5 Å². The number of aryl methyl sites for hydroxylation is 1. The zero-order valence-corrected chi connectivity index (χ0v) is 16.6. The minimum absolute atomic E-state index is 0.245. The number of carboxylic acid groups (broad SMARTS) is 1. The first-order valence-electron chi connectivity index (χ1n) is 8.26. The van der Waals surface area contributed by atoms with Crippen molar-refractivity contribution < 1.29 is 24.2 Å². The summed E-state index contributed by atoms with van der Waals surface area (Å²) < 4.78 is 11.7. The number of benzene rings is 2. The van der Waals surface area contributed by atoms with E-state index in [2.05, 4.69) is 21.2 Å². The first-order valence-corrected chi connectivity index (χ1v) is 9.05. The van der Waals surface area contributed by atoms with Crippen LogP contribution in [-0.2, 0) is 11.3 Å². The molecule has 0 bridgehead atoms. The Kier molecular flexibility index (Phi) is 7.06. The van der Waals surface area contributed by atoms with Crippen LogP contribution in [0.15, 0.2) is 34.8 Å². The van der Waals surface area contributed by atoms with E-state index < -0.39 is 11.9 Å². The number of carbonyl (C=O) groups is 2. The normalized spacial score (nSPS) is 10.3. The highest BCUT2D eigenvalue weighted by Crippen LogP contribution is 2.37. The molecule has 0 unspecified atom stereocenters. The monoisotopic (exact) mass is 436 g/mol. The van der Waals surface area contributed by atoms with Crippen molar-refractivity contribution in [2.75, 3.05) is 18.5 Å². The van der Waals surface area contributed by atoms with E-state index in [1.54, 1.807) is 18.2 Å². The van der Waals surface area contributed by atoms with Crippen molar-refractivity contribution in [3.63, 3.8) is 0 Å². The van der Waals surface area contributed by atoms with Crippen molar-refractivity contribution in [2.24, 2.45) is 5.73 Å². The lowest BCUT2D eigenvalue weighted by Crippen LogP contribution is -2.20. The van der Waals surface area contributed by atoms with Crippen LogP contribution in [0.2, 0.25) is 0 Å². The Balaban J connectivity index is 2.19. The van der Waals surface area contributed by atoms with Gasteiger partial charge in [-0.1, -0.05) is 0 Å². The maximum Gasteiger partial charge on any atom is 0.335 e. The first-order chi connectivity index (χ1) is 12.8. The predicted molar refractivity (Wildman–Crippen MR) is 105 cm³/mol. The Labute approximate surface area is 165 Å². The lowest BCUT2D eigenvalue weighted by atomic mass is 10.1. The number of hydrogen-bond donors (Lipinski definition) is 3. The fourth-order valence-electron chi connectivity index (χ4n) is 2.46. The van der Waals surface area contributed by atoms with E-state index >= 15 is 0 Å². The van der Waals surface area contributed by atoms with Crippen molar-refractivity contribution in [1.82, 2.24) is 0 Å². The van der Waals surface area contributed by atoms with Gasteiger partial charge in [-0.15, -0.1) is 0 Å². The van der Waals surface area contributed by atoms with Gasteiger partial charge in [-0.05, 0) is 71.2 Å². The molecule has 0 fully saturated rings. The molecule has 0 saturated heterocycles. The second kappa shape index (κ2) is 9.27. The summed E-state index contributed by atoms with van der Waals surface area (Å²) in [4.78, 5) is 22.0. The van der Waals surface area contributed by atoms with Crippen LogP contribution in [0.1, 0.15) is 28.4 Å². The van der Waals surface area contributed by atoms with Gasteiger partial charge in [0.2, 0.25) is 0 Å². The van der Waals surface area contributed by atoms with Crippen LogP contribution >= 0.6 is 15.9 Å². The number of nitrogens with one attached hydrogen (secondary N) is 1. The van der Waals surface area contributed by atoms with Crippen LogP contribution in [0.4, 0.5) is 5.69 Å². The molecular formula is C19H21BrN2O5.